The van der Waals surface area contributed by atoms with Crippen LogP contribution in [0.4, 0.5) is 5.69 Å². The van der Waals surface area contributed by atoms with Crippen LogP contribution in [0, 0.1) is 5.41 Å². The van der Waals surface area contributed by atoms with Gasteiger partial charge in [0.25, 0.3) is 0 Å². The van der Waals surface area contributed by atoms with E-state index in [1.807, 2.05) is 78.2 Å². The number of nitrogens with zero attached hydrogens (tertiary/aromatic N) is 3. The van der Waals surface area contributed by atoms with Gasteiger partial charge in [-0.15, -0.1) is 11.3 Å². The molecule has 3 aromatic carbocycles. The molecule has 2 amide bonds. The Kier molecular flexibility index (Phi) is 6.44. The highest BCUT2D eigenvalue weighted by molar-refractivity contribution is 9.10. The quantitative estimate of drug-likeness (QED) is 0.161. The molecule has 4 aromatic rings. The minimum Gasteiger partial charge on any atom is -0.277 e. The largest absolute Gasteiger partial charge is 0.277 e. The van der Waals surface area contributed by atoms with Crippen molar-refractivity contribution in [2.75, 3.05) is 4.90 Å². The number of hydrazone groups is 1. The Morgan fingerprint density at radius 2 is 1.76 bits per heavy atom. The molecule has 1 N–H and O–H groups in total. The molecular formula is C28H21BrN4O2S2. The molecule has 0 radical (unpaired) electrons. The molecule has 6 nitrogen and oxygen atoms in total. The fourth-order valence-corrected chi connectivity index (χ4v) is 6.74. The summed E-state index contributed by atoms with van der Waals surface area (Å²) in [5, 5.41) is 18.8. The maximum atomic E-state index is 13.5. The highest BCUT2D eigenvalue weighted by atomic mass is 79.9. The van der Waals surface area contributed by atoms with E-state index in [-0.39, 0.29) is 29.4 Å². The number of imide groups is 1. The molecule has 6 rings (SSSR count). The van der Waals surface area contributed by atoms with E-state index in [4.69, 9.17) is 10.5 Å². The minimum atomic E-state index is -0.675. The highest BCUT2D eigenvalue weighted by Gasteiger charge is 2.43. The van der Waals surface area contributed by atoms with Crippen molar-refractivity contribution >= 4 is 78.2 Å². The number of rotatable bonds is 4. The number of fused-ring (bicyclic) bond motifs is 1. The Morgan fingerprint density at radius 1 is 0.973 bits per heavy atom. The number of halogens is 1. The molecule has 184 valence electrons. The van der Waals surface area contributed by atoms with Gasteiger partial charge in [0.2, 0.25) is 11.8 Å². The molecule has 3 heterocycles. The van der Waals surface area contributed by atoms with Crippen molar-refractivity contribution in [1.29, 1.82) is 5.41 Å². The van der Waals surface area contributed by atoms with Gasteiger partial charge in [-0.25, -0.2) is 9.91 Å². The van der Waals surface area contributed by atoms with E-state index in [1.165, 1.54) is 4.90 Å². The number of benzene rings is 3. The van der Waals surface area contributed by atoms with E-state index in [0.29, 0.717) is 12.1 Å². The van der Waals surface area contributed by atoms with Crippen molar-refractivity contribution in [2.24, 2.45) is 5.10 Å². The molecule has 37 heavy (non-hydrogen) atoms. The van der Waals surface area contributed by atoms with E-state index in [9.17, 15) is 9.59 Å². The zero-order valence-corrected chi connectivity index (χ0v) is 22.7. The van der Waals surface area contributed by atoms with Crippen LogP contribution in [-0.4, -0.2) is 33.0 Å². The van der Waals surface area contributed by atoms with E-state index in [2.05, 4.69) is 15.9 Å². The first-order valence-electron chi connectivity index (χ1n) is 11.8. The number of thioether (sulfide) groups is 1. The Morgan fingerprint density at radius 3 is 2.54 bits per heavy atom. The van der Waals surface area contributed by atoms with Gasteiger partial charge in [0, 0.05) is 22.7 Å². The lowest BCUT2D eigenvalue weighted by molar-refractivity contribution is -0.121. The number of amidine groups is 1. The highest BCUT2D eigenvalue weighted by Crippen LogP contribution is 2.39. The Hall–Kier alpha value is -3.27. The molecular weight excluding hydrogens is 568 g/mol. The van der Waals surface area contributed by atoms with Crippen LogP contribution in [0.25, 0.3) is 10.8 Å². The Balaban J connectivity index is 1.27. The van der Waals surface area contributed by atoms with E-state index in [1.54, 1.807) is 22.4 Å². The maximum Gasteiger partial charge on any atom is 0.247 e. The molecule has 2 aliphatic rings. The van der Waals surface area contributed by atoms with Gasteiger partial charge in [-0.2, -0.15) is 5.10 Å². The van der Waals surface area contributed by atoms with Gasteiger partial charge in [-0.05, 0) is 40.6 Å². The number of nitrogens with one attached hydrogen (secondary N) is 1. The number of anilines is 1. The third kappa shape index (κ3) is 4.52. The molecule has 0 unspecified atom stereocenters. The minimum absolute atomic E-state index is 0.0490. The second-order valence-electron chi connectivity index (χ2n) is 8.82. The van der Waals surface area contributed by atoms with Crippen LogP contribution in [-0.2, 0) is 9.59 Å². The van der Waals surface area contributed by atoms with Crippen LogP contribution in [0.2, 0.25) is 0 Å². The topological polar surface area (TPSA) is 76.8 Å². The Labute approximate surface area is 230 Å². The van der Waals surface area contributed by atoms with Crippen LogP contribution >= 0.6 is 39.0 Å². The van der Waals surface area contributed by atoms with Gasteiger partial charge in [0.15, 0.2) is 5.17 Å². The van der Waals surface area contributed by atoms with Crippen LogP contribution < -0.4 is 4.90 Å². The second kappa shape index (κ2) is 9.89. The third-order valence-electron chi connectivity index (χ3n) is 6.55. The lowest BCUT2D eigenvalue weighted by Crippen LogP contribution is -2.32. The van der Waals surface area contributed by atoms with Crippen LogP contribution in [0.15, 0.2) is 93.8 Å². The van der Waals surface area contributed by atoms with Gasteiger partial charge in [-0.1, -0.05) is 82.3 Å². The predicted octanol–water partition coefficient (Wildman–Crippen LogP) is 6.81. The summed E-state index contributed by atoms with van der Waals surface area (Å²) in [6.45, 7) is 0. The number of carbonyl (C=O) groups excluding carboxylic acids is 2. The van der Waals surface area contributed by atoms with Crippen molar-refractivity contribution in [3.63, 3.8) is 0 Å². The van der Waals surface area contributed by atoms with Crippen LogP contribution in [0.5, 0.6) is 0 Å². The van der Waals surface area contributed by atoms with Gasteiger partial charge in [-0.3, -0.25) is 15.0 Å². The summed E-state index contributed by atoms with van der Waals surface area (Å²) in [4.78, 5) is 28.9. The number of hydrogen-bond donors (Lipinski definition) is 1. The molecule has 9 heteroatoms. The predicted molar refractivity (Wildman–Crippen MR) is 154 cm³/mol. The summed E-state index contributed by atoms with van der Waals surface area (Å²) in [5.41, 5.74) is 2.55. The first kappa shape index (κ1) is 24.1. The van der Waals surface area contributed by atoms with Gasteiger partial charge in [0.05, 0.1) is 22.3 Å². The van der Waals surface area contributed by atoms with Crippen molar-refractivity contribution in [3.05, 3.63) is 99.2 Å². The van der Waals surface area contributed by atoms with Crippen molar-refractivity contribution < 1.29 is 9.59 Å². The summed E-state index contributed by atoms with van der Waals surface area (Å²) in [6, 6.07) is 25.2. The van der Waals surface area contributed by atoms with Gasteiger partial charge < -0.3 is 0 Å². The monoisotopic (exact) mass is 588 g/mol. The van der Waals surface area contributed by atoms with Crippen LogP contribution in [0.3, 0.4) is 0 Å². The SMILES string of the molecule is N=C(S[C@H]1CC(=O)N(c2cccc3ccccc23)C1=O)N1N=C(c2cccs2)C[C@H]1c1ccc(Br)cc1. The molecule has 2 aliphatic heterocycles. The zero-order valence-electron chi connectivity index (χ0n) is 19.5. The van der Waals surface area contributed by atoms with E-state index < -0.39 is 5.25 Å². The molecule has 0 saturated carbocycles. The standard InChI is InChI=1S/C28H21BrN4O2S2/c29-19-12-10-18(11-13-19)23-15-21(24-9-4-14-36-24)31-33(23)28(30)37-25-16-26(34)32(27(25)35)22-8-3-6-17-5-1-2-7-20(17)22/h1-14,23,25,30H,15-16H2/t23-,25-/m0/s1. The fourth-order valence-electron chi connectivity index (χ4n) is 4.78. The fraction of sp³-hybridized carbons (Fsp3) is 0.143. The first-order valence-corrected chi connectivity index (χ1v) is 14.3. The van der Waals surface area contributed by atoms with Crippen molar-refractivity contribution in [3.8, 4) is 0 Å². The molecule has 2 atom stereocenters. The zero-order chi connectivity index (χ0) is 25.5. The third-order valence-corrected chi connectivity index (χ3v) is 9.06. The van der Waals surface area contributed by atoms with Crippen LogP contribution in [0.1, 0.15) is 29.3 Å². The lowest BCUT2D eigenvalue weighted by atomic mass is 10.0. The molecule has 1 saturated heterocycles. The van der Waals surface area contributed by atoms with Gasteiger partial charge >= 0.3 is 0 Å². The average Bonchev–Trinajstić information content (AvgIpc) is 3.64. The van der Waals surface area contributed by atoms with Gasteiger partial charge in [0.1, 0.15) is 5.25 Å². The lowest BCUT2D eigenvalue weighted by Gasteiger charge is -2.25. The molecule has 0 aliphatic carbocycles. The normalized spacial score (nSPS) is 19.6. The molecule has 0 bridgehead atoms. The number of amides is 2. The molecule has 1 fully saturated rings. The molecule has 0 spiro atoms. The Bertz CT molecular complexity index is 1550. The summed E-state index contributed by atoms with van der Waals surface area (Å²) in [7, 11) is 0. The summed E-state index contributed by atoms with van der Waals surface area (Å²) in [5.74, 6) is -0.543. The second-order valence-corrected chi connectivity index (χ2v) is 11.9. The first-order chi connectivity index (χ1) is 18.0. The van der Waals surface area contributed by atoms with Crippen molar-refractivity contribution in [1.82, 2.24) is 5.01 Å². The van der Waals surface area contributed by atoms with E-state index >= 15 is 0 Å². The average molecular weight is 590 g/mol. The number of thiophene rings is 1. The smallest absolute Gasteiger partial charge is 0.247 e. The summed E-state index contributed by atoms with van der Waals surface area (Å²) >= 11 is 6.21. The maximum absolute atomic E-state index is 13.5. The number of carbonyl (C=O) groups is 2. The number of hydrogen-bond acceptors (Lipinski definition) is 6. The summed E-state index contributed by atoms with van der Waals surface area (Å²) in [6.07, 6.45) is 0.706. The van der Waals surface area contributed by atoms with Crippen molar-refractivity contribution in [2.45, 2.75) is 24.1 Å². The summed E-state index contributed by atoms with van der Waals surface area (Å²) < 4.78 is 0.980. The van der Waals surface area contributed by atoms with E-state index in [0.717, 1.165) is 43.2 Å². The molecule has 1 aromatic heterocycles.